The first-order valence-electron chi connectivity index (χ1n) is 8.07. The van der Waals surface area contributed by atoms with Crippen molar-refractivity contribution in [1.82, 2.24) is 10.0 Å². The highest BCUT2D eigenvalue weighted by Crippen LogP contribution is 2.23. The molecule has 24 heavy (non-hydrogen) atoms. The van der Waals surface area contributed by atoms with E-state index >= 15 is 0 Å². The van der Waals surface area contributed by atoms with Crippen molar-refractivity contribution >= 4 is 15.9 Å². The van der Waals surface area contributed by atoms with E-state index in [1.54, 1.807) is 0 Å². The Morgan fingerprint density at radius 2 is 1.96 bits per heavy atom. The number of nitrogens with one attached hydrogen (secondary N) is 2. The number of rotatable bonds is 7. The SMILES string of the molecule is O=C(CCNS(=O)(=O)c1ccc(F)cc1)NC[C@H]1CCC[C@@H](O)C1. The van der Waals surface area contributed by atoms with Crippen LogP contribution in [0.4, 0.5) is 4.39 Å². The number of hydrogen-bond acceptors (Lipinski definition) is 4. The zero-order valence-electron chi connectivity index (χ0n) is 13.4. The molecule has 0 saturated heterocycles. The van der Waals surface area contributed by atoms with E-state index in [-0.39, 0.29) is 35.8 Å². The minimum Gasteiger partial charge on any atom is -0.393 e. The van der Waals surface area contributed by atoms with E-state index in [4.69, 9.17) is 0 Å². The minimum absolute atomic E-state index is 0.0235. The lowest BCUT2D eigenvalue weighted by molar-refractivity contribution is -0.121. The smallest absolute Gasteiger partial charge is 0.240 e. The number of benzene rings is 1. The summed E-state index contributed by atoms with van der Waals surface area (Å²) in [6, 6.07) is 4.48. The van der Waals surface area contributed by atoms with Gasteiger partial charge in [0.1, 0.15) is 5.82 Å². The molecule has 0 radical (unpaired) electrons. The van der Waals surface area contributed by atoms with Crippen molar-refractivity contribution in [2.45, 2.75) is 43.1 Å². The van der Waals surface area contributed by atoms with E-state index < -0.39 is 15.8 Å². The topological polar surface area (TPSA) is 95.5 Å². The second-order valence-electron chi connectivity index (χ2n) is 6.09. The second kappa shape index (κ2) is 8.55. The molecule has 0 aromatic heterocycles. The van der Waals surface area contributed by atoms with Gasteiger partial charge in [-0.05, 0) is 49.4 Å². The Bertz CT molecular complexity index is 649. The van der Waals surface area contributed by atoms with Crippen molar-refractivity contribution < 1.29 is 22.7 Å². The summed E-state index contributed by atoms with van der Waals surface area (Å²) in [6.07, 6.45) is 3.18. The molecule has 1 aromatic rings. The van der Waals surface area contributed by atoms with Crippen LogP contribution >= 0.6 is 0 Å². The highest BCUT2D eigenvalue weighted by Gasteiger charge is 2.20. The van der Waals surface area contributed by atoms with Crippen LogP contribution in [0, 0.1) is 11.7 Å². The summed E-state index contributed by atoms with van der Waals surface area (Å²) in [4.78, 5) is 11.7. The monoisotopic (exact) mass is 358 g/mol. The summed E-state index contributed by atoms with van der Waals surface area (Å²) in [5.41, 5.74) is 0. The summed E-state index contributed by atoms with van der Waals surface area (Å²) in [6.45, 7) is 0.472. The fourth-order valence-corrected chi connectivity index (χ4v) is 3.82. The third-order valence-electron chi connectivity index (χ3n) is 4.11. The van der Waals surface area contributed by atoms with Gasteiger partial charge >= 0.3 is 0 Å². The Balaban J connectivity index is 1.71. The molecule has 0 bridgehead atoms. The number of carbonyl (C=O) groups is 1. The van der Waals surface area contributed by atoms with Crippen molar-refractivity contribution in [1.29, 1.82) is 0 Å². The van der Waals surface area contributed by atoms with Gasteiger partial charge in [0.15, 0.2) is 0 Å². The zero-order valence-corrected chi connectivity index (χ0v) is 14.2. The van der Waals surface area contributed by atoms with E-state index in [9.17, 15) is 22.7 Å². The van der Waals surface area contributed by atoms with Gasteiger partial charge < -0.3 is 10.4 Å². The highest BCUT2D eigenvalue weighted by atomic mass is 32.2. The molecule has 0 aliphatic heterocycles. The fourth-order valence-electron chi connectivity index (χ4n) is 2.79. The number of hydrogen-bond donors (Lipinski definition) is 3. The van der Waals surface area contributed by atoms with Gasteiger partial charge in [-0.1, -0.05) is 6.42 Å². The molecule has 1 aliphatic carbocycles. The largest absolute Gasteiger partial charge is 0.393 e. The van der Waals surface area contributed by atoms with Crippen molar-refractivity contribution in [3.05, 3.63) is 30.1 Å². The third-order valence-corrected chi connectivity index (χ3v) is 5.59. The van der Waals surface area contributed by atoms with Crippen LogP contribution < -0.4 is 10.0 Å². The van der Waals surface area contributed by atoms with E-state index in [2.05, 4.69) is 10.0 Å². The average Bonchev–Trinajstić information content (AvgIpc) is 2.53. The van der Waals surface area contributed by atoms with Crippen molar-refractivity contribution in [3.63, 3.8) is 0 Å². The Morgan fingerprint density at radius 3 is 2.62 bits per heavy atom. The van der Waals surface area contributed by atoms with Crippen molar-refractivity contribution in [2.24, 2.45) is 5.92 Å². The van der Waals surface area contributed by atoms with Crippen molar-refractivity contribution in [3.8, 4) is 0 Å². The molecule has 6 nitrogen and oxygen atoms in total. The Labute approximate surface area is 141 Å². The fraction of sp³-hybridized carbons (Fsp3) is 0.562. The van der Waals surface area contributed by atoms with Gasteiger partial charge in [0.05, 0.1) is 11.0 Å². The van der Waals surface area contributed by atoms with Crippen LogP contribution in [0.2, 0.25) is 0 Å². The maximum atomic E-state index is 12.8. The van der Waals surface area contributed by atoms with Crippen LogP contribution in [-0.4, -0.2) is 38.6 Å². The molecule has 8 heteroatoms. The molecule has 134 valence electrons. The normalized spacial score (nSPS) is 21.4. The lowest BCUT2D eigenvalue weighted by atomic mass is 9.87. The Morgan fingerprint density at radius 1 is 1.25 bits per heavy atom. The van der Waals surface area contributed by atoms with Gasteiger partial charge in [-0.3, -0.25) is 4.79 Å². The van der Waals surface area contributed by atoms with Gasteiger partial charge in [0.25, 0.3) is 0 Å². The van der Waals surface area contributed by atoms with Crippen LogP contribution in [0.5, 0.6) is 0 Å². The summed E-state index contributed by atoms with van der Waals surface area (Å²) >= 11 is 0. The standard InChI is InChI=1S/C16H23FN2O4S/c17-13-4-6-15(7-5-13)24(22,23)19-9-8-16(21)18-11-12-2-1-3-14(20)10-12/h4-7,12,14,19-20H,1-3,8-11H2,(H,18,21)/t12-,14+/m0/s1. The molecule has 0 unspecified atom stereocenters. The molecule has 0 heterocycles. The first-order chi connectivity index (χ1) is 11.4. The quantitative estimate of drug-likeness (QED) is 0.682. The molecule has 1 fully saturated rings. The third kappa shape index (κ3) is 5.85. The number of amides is 1. The van der Waals surface area contributed by atoms with Crippen LogP contribution in [0.1, 0.15) is 32.1 Å². The molecule has 1 amide bonds. The number of halogens is 1. The van der Waals surface area contributed by atoms with E-state index in [0.29, 0.717) is 13.0 Å². The first kappa shape index (κ1) is 18.8. The zero-order chi connectivity index (χ0) is 17.6. The first-order valence-corrected chi connectivity index (χ1v) is 9.55. The molecular weight excluding hydrogens is 335 g/mol. The maximum absolute atomic E-state index is 12.8. The van der Waals surface area contributed by atoms with Crippen LogP contribution in [-0.2, 0) is 14.8 Å². The van der Waals surface area contributed by atoms with Gasteiger partial charge in [0, 0.05) is 19.5 Å². The lowest BCUT2D eigenvalue weighted by Gasteiger charge is -2.25. The van der Waals surface area contributed by atoms with Gasteiger partial charge in [0.2, 0.25) is 15.9 Å². The summed E-state index contributed by atoms with van der Waals surface area (Å²) in [7, 11) is -3.75. The van der Waals surface area contributed by atoms with E-state index in [1.165, 1.54) is 12.1 Å². The Kier molecular flexibility index (Phi) is 6.70. The minimum atomic E-state index is -3.75. The number of aliphatic hydroxyl groups is 1. The van der Waals surface area contributed by atoms with Crippen LogP contribution in [0.25, 0.3) is 0 Å². The van der Waals surface area contributed by atoms with E-state index in [0.717, 1.165) is 31.4 Å². The summed E-state index contributed by atoms with van der Waals surface area (Å²) in [5.74, 6) is -0.480. The molecule has 1 aromatic carbocycles. The predicted octanol–water partition coefficient (Wildman–Crippen LogP) is 1.16. The maximum Gasteiger partial charge on any atom is 0.240 e. The Hall–Kier alpha value is -1.51. The predicted molar refractivity (Wildman–Crippen MR) is 87.2 cm³/mol. The summed E-state index contributed by atoms with van der Waals surface area (Å²) < 4.78 is 39.1. The number of aliphatic hydroxyl groups excluding tert-OH is 1. The molecule has 3 N–H and O–H groups in total. The molecule has 2 atom stereocenters. The molecule has 1 aliphatic rings. The van der Waals surface area contributed by atoms with Gasteiger partial charge in [-0.25, -0.2) is 17.5 Å². The van der Waals surface area contributed by atoms with Crippen molar-refractivity contribution in [2.75, 3.05) is 13.1 Å². The van der Waals surface area contributed by atoms with Crippen LogP contribution in [0.15, 0.2) is 29.2 Å². The second-order valence-corrected chi connectivity index (χ2v) is 7.86. The van der Waals surface area contributed by atoms with Gasteiger partial charge in [-0.2, -0.15) is 0 Å². The number of sulfonamides is 1. The van der Waals surface area contributed by atoms with Crippen LogP contribution in [0.3, 0.4) is 0 Å². The molecular formula is C16H23FN2O4S. The van der Waals surface area contributed by atoms with Gasteiger partial charge in [-0.15, -0.1) is 0 Å². The number of carbonyl (C=O) groups excluding carboxylic acids is 1. The molecule has 0 spiro atoms. The molecule has 1 saturated carbocycles. The lowest BCUT2D eigenvalue weighted by Crippen LogP contribution is -2.35. The summed E-state index contributed by atoms with van der Waals surface area (Å²) in [5, 5.41) is 12.4. The van der Waals surface area contributed by atoms with E-state index in [1.807, 2.05) is 0 Å². The highest BCUT2D eigenvalue weighted by molar-refractivity contribution is 7.89. The average molecular weight is 358 g/mol. The molecule has 2 rings (SSSR count).